The van der Waals surface area contributed by atoms with Crippen LogP contribution < -0.4 is 10.1 Å². The molecule has 1 heterocycles. The second-order valence-electron chi connectivity index (χ2n) is 5.20. The summed E-state index contributed by atoms with van der Waals surface area (Å²) < 4.78 is 6.32. The number of carbonyl (C=O) groups is 1. The Bertz CT molecular complexity index is 782. The number of hydrogen-bond donors (Lipinski definition) is 1. The van der Waals surface area contributed by atoms with Crippen LogP contribution in [0.25, 0.3) is 6.08 Å². The number of nitrogens with one attached hydrogen (secondary N) is 1. The molecule has 1 saturated heterocycles. The maximum absolute atomic E-state index is 11.7. The van der Waals surface area contributed by atoms with E-state index in [1.54, 1.807) is 0 Å². The van der Waals surface area contributed by atoms with E-state index in [1.807, 2.05) is 30.3 Å². The summed E-state index contributed by atoms with van der Waals surface area (Å²) in [7, 11) is 0. The lowest BCUT2D eigenvalue weighted by Crippen LogP contribution is -2.17. The zero-order valence-corrected chi connectivity index (χ0v) is 14.2. The Labute approximate surface area is 144 Å². The summed E-state index contributed by atoms with van der Waals surface area (Å²) in [5.74, 6) is 0.622. The van der Waals surface area contributed by atoms with Gasteiger partial charge in [0.25, 0.3) is 5.91 Å². The molecule has 1 aliphatic heterocycles. The van der Waals surface area contributed by atoms with Crippen LogP contribution in [0.1, 0.15) is 16.7 Å². The number of rotatable bonds is 4. The van der Waals surface area contributed by atoms with Gasteiger partial charge in [-0.25, -0.2) is 0 Å². The van der Waals surface area contributed by atoms with Crippen molar-refractivity contribution < 1.29 is 9.53 Å². The Kier molecular flexibility index (Phi) is 4.79. The van der Waals surface area contributed by atoms with E-state index in [1.165, 1.54) is 17.3 Å². The molecule has 116 valence electrons. The number of amides is 1. The van der Waals surface area contributed by atoms with Crippen molar-refractivity contribution in [3.63, 3.8) is 0 Å². The lowest BCUT2D eigenvalue weighted by atomic mass is 10.1. The van der Waals surface area contributed by atoms with Gasteiger partial charge >= 0.3 is 0 Å². The topological polar surface area (TPSA) is 38.3 Å². The predicted octanol–water partition coefficient (Wildman–Crippen LogP) is 4.06. The van der Waals surface area contributed by atoms with Crippen LogP contribution in [0.2, 0.25) is 0 Å². The molecule has 23 heavy (non-hydrogen) atoms. The number of thioether (sulfide) groups is 1. The van der Waals surface area contributed by atoms with Gasteiger partial charge in [0.05, 0.1) is 4.91 Å². The van der Waals surface area contributed by atoms with E-state index in [0.29, 0.717) is 15.8 Å². The summed E-state index contributed by atoms with van der Waals surface area (Å²) in [4.78, 5) is 12.3. The normalized spacial score (nSPS) is 15.8. The molecule has 1 aliphatic rings. The highest BCUT2D eigenvalue weighted by molar-refractivity contribution is 8.26. The average molecular weight is 341 g/mol. The highest BCUT2D eigenvalue weighted by Gasteiger charge is 2.21. The van der Waals surface area contributed by atoms with Crippen LogP contribution in [-0.4, -0.2) is 10.2 Å². The third-order valence-corrected chi connectivity index (χ3v) is 4.49. The van der Waals surface area contributed by atoms with E-state index in [2.05, 4.69) is 36.5 Å². The fourth-order valence-electron chi connectivity index (χ4n) is 2.12. The van der Waals surface area contributed by atoms with Crippen molar-refractivity contribution in [3.8, 4) is 5.75 Å². The summed E-state index contributed by atoms with van der Waals surface area (Å²) in [6.45, 7) is 2.57. The first kappa shape index (κ1) is 15.8. The van der Waals surface area contributed by atoms with Crippen LogP contribution in [0.3, 0.4) is 0 Å². The van der Waals surface area contributed by atoms with Crippen LogP contribution in [0.15, 0.2) is 53.4 Å². The lowest BCUT2D eigenvalue weighted by Gasteiger charge is -2.07. The van der Waals surface area contributed by atoms with Crippen molar-refractivity contribution in [2.24, 2.45) is 0 Å². The van der Waals surface area contributed by atoms with Gasteiger partial charge in [0, 0.05) is 0 Å². The first-order chi connectivity index (χ1) is 11.1. The quantitative estimate of drug-likeness (QED) is 0.672. The third-order valence-electron chi connectivity index (χ3n) is 3.32. The number of aryl methyl sites for hydroxylation is 1. The fraction of sp³-hybridized carbons (Fsp3) is 0.111. The van der Waals surface area contributed by atoms with Gasteiger partial charge in [-0.15, -0.1) is 0 Å². The van der Waals surface area contributed by atoms with Gasteiger partial charge in [-0.3, -0.25) is 4.79 Å². The molecular formula is C18H15NO2S2. The van der Waals surface area contributed by atoms with Gasteiger partial charge in [0.1, 0.15) is 16.7 Å². The third kappa shape index (κ3) is 4.21. The van der Waals surface area contributed by atoms with Gasteiger partial charge in [-0.05, 0) is 36.3 Å². The Hall–Kier alpha value is -2.11. The van der Waals surface area contributed by atoms with Crippen LogP contribution >= 0.6 is 24.0 Å². The van der Waals surface area contributed by atoms with Crippen molar-refractivity contribution in [2.75, 3.05) is 0 Å². The zero-order valence-electron chi connectivity index (χ0n) is 12.5. The first-order valence-corrected chi connectivity index (χ1v) is 8.36. The Morgan fingerprint density at radius 3 is 2.70 bits per heavy atom. The highest BCUT2D eigenvalue weighted by atomic mass is 32.2. The molecule has 0 bridgehead atoms. The molecule has 0 aliphatic carbocycles. The molecule has 0 radical (unpaired) electrons. The van der Waals surface area contributed by atoms with E-state index in [9.17, 15) is 4.79 Å². The summed E-state index contributed by atoms with van der Waals surface area (Å²) in [6, 6.07) is 15.9. The molecule has 1 amide bonds. The van der Waals surface area contributed by atoms with Crippen LogP contribution in [-0.2, 0) is 11.4 Å². The minimum absolute atomic E-state index is 0.147. The molecule has 0 atom stereocenters. The molecule has 0 aromatic heterocycles. The van der Waals surface area contributed by atoms with Crippen LogP contribution in [0.5, 0.6) is 5.75 Å². The molecule has 3 nitrogen and oxygen atoms in total. The Balaban J connectivity index is 1.70. The number of carbonyl (C=O) groups excluding carboxylic acids is 1. The van der Waals surface area contributed by atoms with Gasteiger partial charge in [-0.1, -0.05) is 65.9 Å². The summed E-state index contributed by atoms with van der Waals surface area (Å²) >= 11 is 6.26. The maximum atomic E-state index is 11.7. The minimum atomic E-state index is -0.147. The molecule has 0 unspecified atom stereocenters. The second kappa shape index (κ2) is 6.98. The molecule has 2 aromatic carbocycles. The largest absolute Gasteiger partial charge is 0.489 e. The van der Waals surface area contributed by atoms with Crippen molar-refractivity contribution in [1.82, 2.24) is 5.32 Å². The molecular weight excluding hydrogens is 326 g/mol. The average Bonchev–Trinajstić information content (AvgIpc) is 2.85. The molecule has 1 fully saturated rings. The molecule has 0 saturated carbocycles. The van der Waals surface area contributed by atoms with Gasteiger partial charge < -0.3 is 10.1 Å². The smallest absolute Gasteiger partial charge is 0.263 e. The standard InChI is InChI=1S/C18H15NO2S2/c1-12-5-7-13(8-6-12)11-21-15-4-2-3-14(9-15)10-16-17(20)19-18(22)23-16/h2-10H,11H2,1H3,(H,19,20,22)/b16-10+. The summed E-state index contributed by atoms with van der Waals surface area (Å²) in [6.07, 6.45) is 1.82. The van der Waals surface area contributed by atoms with Crippen LogP contribution in [0, 0.1) is 6.92 Å². The zero-order chi connectivity index (χ0) is 16.2. The lowest BCUT2D eigenvalue weighted by molar-refractivity contribution is -0.115. The van der Waals surface area contributed by atoms with E-state index in [0.717, 1.165) is 16.9 Å². The molecule has 0 spiro atoms. The minimum Gasteiger partial charge on any atom is -0.489 e. The monoisotopic (exact) mass is 341 g/mol. The highest BCUT2D eigenvalue weighted by Crippen LogP contribution is 2.27. The van der Waals surface area contributed by atoms with Gasteiger partial charge in [-0.2, -0.15) is 0 Å². The fourth-order valence-corrected chi connectivity index (χ4v) is 3.16. The second-order valence-corrected chi connectivity index (χ2v) is 6.92. The van der Waals surface area contributed by atoms with E-state index in [4.69, 9.17) is 17.0 Å². The molecule has 3 rings (SSSR count). The molecule has 5 heteroatoms. The van der Waals surface area contributed by atoms with Crippen molar-refractivity contribution >= 4 is 40.3 Å². The van der Waals surface area contributed by atoms with Crippen molar-refractivity contribution in [3.05, 3.63) is 70.1 Å². The number of benzene rings is 2. The number of hydrogen-bond acceptors (Lipinski definition) is 4. The van der Waals surface area contributed by atoms with Gasteiger partial charge in [0.15, 0.2) is 0 Å². The van der Waals surface area contributed by atoms with Gasteiger partial charge in [0.2, 0.25) is 0 Å². The van der Waals surface area contributed by atoms with E-state index < -0.39 is 0 Å². The molecule has 2 aromatic rings. The Morgan fingerprint density at radius 1 is 1.22 bits per heavy atom. The number of thiocarbonyl (C=S) groups is 1. The van der Waals surface area contributed by atoms with Crippen molar-refractivity contribution in [2.45, 2.75) is 13.5 Å². The number of ether oxygens (including phenoxy) is 1. The van der Waals surface area contributed by atoms with E-state index in [-0.39, 0.29) is 5.91 Å². The SMILES string of the molecule is Cc1ccc(COc2cccc(/C=C3/SC(=S)NC3=O)c2)cc1. The van der Waals surface area contributed by atoms with Crippen LogP contribution in [0.4, 0.5) is 0 Å². The molecule has 1 N–H and O–H groups in total. The Morgan fingerprint density at radius 2 is 2.00 bits per heavy atom. The summed E-state index contributed by atoms with van der Waals surface area (Å²) in [5.41, 5.74) is 3.26. The maximum Gasteiger partial charge on any atom is 0.263 e. The van der Waals surface area contributed by atoms with Crippen molar-refractivity contribution in [1.29, 1.82) is 0 Å². The van der Waals surface area contributed by atoms with E-state index >= 15 is 0 Å². The first-order valence-electron chi connectivity index (χ1n) is 7.13. The predicted molar refractivity (Wildman–Crippen MR) is 98.3 cm³/mol. The summed E-state index contributed by atoms with van der Waals surface area (Å²) in [5, 5.41) is 2.61.